The average Bonchev–Trinajstić information content (AvgIpc) is 2.61. The maximum Gasteiger partial charge on any atom is 0.241 e. The highest BCUT2D eigenvalue weighted by molar-refractivity contribution is 9.10. The molecule has 0 saturated carbocycles. The molecule has 26 heavy (non-hydrogen) atoms. The number of carbonyl (C=O) groups is 1. The zero-order chi connectivity index (χ0) is 19.2. The molecule has 0 aliphatic rings. The molecule has 2 atom stereocenters. The molecule has 5 nitrogen and oxygen atoms in total. The Kier molecular flexibility index (Phi) is 7.37. The van der Waals surface area contributed by atoms with E-state index in [9.17, 15) is 13.2 Å². The molecular weight excluding hydrogens is 416 g/mol. The van der Waals surface area contributed by atoms with Crippen molar-refractivity contribution >= 4 is 31.9 Å². The quantitative estimate of drug-likeness (QED) is 0.663. The van der Waals surface area contributed by atoms with E-state index in [0.717, 1.165) is 17.3 Å². The first-order valence-corrected chi connectivity index (χ1v) is 10.7. The van der Waals surface area contributed by atoms with Crippen LogP contribution in [0.15, 0.2) is 64.0 Å². The molecular formula is C19H23BrN2O3S. The molecule has 0 saturated heterocycles. The Morgan fingerprint density at radius 2 is 1.65 bits per heavy atom. The summed E-state index contributed by atoms with van der Waals surface area (Å²) in [5.74, 6) is -0.341. The standard InChI is InChI=1S/C19H23BrN2O3S/c1-14(8-9-16-6-4-3-5-7-16)21-19(23)15(2)22-26(24,25)18-12-10-17(20)11-13-18/h3-7,10-15,22H,8-9H2,1-2H3,(H,21,23)/t14-,15-/m0/s1. The first kappa shape index (κ1) is 20.6. The lowest BCUT2D eigenvalue weighted by Crippen LogP contribution is -2.47. The number of hydrogen-bond acceptors (Lipinski definition) is 3. The van der Waals surface area contributed by atoms with Crippen LogP contribution in [0, 0.1) is 0 Å². The number of benzene rings is 2. The van der Waals surface area contributed by atoms with Crippen LogP contribution in [0.5, 0.6) is 0 Å². The smallest absolute Gasteiger partial charge is 0.241 e. The molecule has 0 heterocycles. The Morgan fingerprint density at radius 1 is 1.04 bits per heavy atom. The second-order valence-corrected chi connectivity index (χ2v) is 8.86. The Hall–Kier alpha value is -1.70. The van der Waals surface area contributed by atoms with E-state index in [1.807, 2.05) is 37.3 Å². The Bertz CT molecular complexity index is 824. The minimum atomic E-state index is -3.74. The molecule has 2 aromatic rings. The summed E-state index contributed by atoms with van der Waals surface area (Å²) in [6.07, 6.45) is 1.63. The number of rotatable bonds is 8. The van der Waals surface area contributed by atoms with Crippen LogP contribution in [0.25, 0.3) is 0 Å². The second kappa shape index (κ2) is 9.30. The lowest BCUT2D eigenvalue weighted by molar-refractivity contribution is -0.123. The fourth-order valence-electron chi connectivity index (χ4n) is 2.44. The largest absolute Gasteiger partial charge is 0.352 e. The highest BCUT2D eigenvalue weighted by Crippen LogP contribution is 2.15. The van der Waals surface area contributed by atoms with Gasteiger partial charge < -0.3 is 5.32 Å². The molecule has 7 heteroatoms. The lowest BCUT2D eigenvalue weighted by Gasteiger charge is -2.18. The number of nitrogens with one attached hydrogen (secondary N) is 2. The Balaban J connectivity index is 1.87. The number of hydrogen-bond donors (Lipinski definition) is 2. The summed E-state index contributed by atoms with van der Waals surface area (Å²) in [5.41, 5.74) is 1.21. The van der Waals surface area contributed by atoms with Crippen LogP contribution < -0.4 is 10.0 Å². The van der Waals surface area contributed by atoms with Crippen LogP contribution in [0.3, 0.4) is 0 Å². The normalized spacial score (nSPS) is 13.8. The minimum absolute atomic E-state index is 0.0534. The van der Waals surface area contributed by atoms with Crippen molar-refractivity contribution in [2.45, 2.75) is 43.7 Å². The highest BCUT2D eigenvalue weighted by Gasteiger charge is 2.22. The van der Waals surface area contributed by atoms with Gasteiger partial charge in [0, 0.05) is 10.5 Å². The van der Waals surface area contributed by atoms with E-state index in [1.165, 1.54) is 24.6 Å². The first-order valence-electron chi connectivity index (χ1n) is 8.40. The van der Waals surface area contributed by atoms with Crippen molar-refractivity contribution in [3.05, 3.63) is 64.6 Å². The third-order valence-corrected chi connectivity index (χ3v) is 6.03. The maximum atomic E-state index is 12.3. The predicted octanol–water partition coefficient (Wildman–Crippen LogP) is 3.25. The van der Waals surface area contributed by atoms with Gasteiger partial charge in [0.2, 0.25) is 15.9 Å². The summed E-state index contributed by atoms with van der Waals surface area (Å²) in [6, 6.07) is 15.4. The predicted molar refractivity (Wildman–Crippen MR) is 106 cm³/mol. The van der Waals surface area contributed by atoms with Gasteiger partial charge in [-0.2, -0.15) is 4.72 Å². The van der Waals surface area contributed by atoms with Gasteiger partial charge in [-0.05, 0) is 56.5 Å². The SMILES string of the molecule is C[C@H](NS(=O)(=O)c1ccc(Br)cc1)C(=O)N[C@@H](C)CCc1ccccc1. The van der Waals surface area contributed by atoms with Gasteiger partial charge >= 0.3 is 0 Å². The molecule has 0 bridgehead atoms. The summed E-state index contributed by atoms with van der Waals surface area (Å²) in [4.78, 5) is 12.4. The van der Waals surface area contributed by atoms with Crippen molar-refractivity contribution < 1.29 is 13.2 Å². The molecule has 0 radical (unpaired) electrons. The molecule has 0 aliphatic heterocycles. The lowest BCUT2D eigenvalue weighted by atomic mass is 10.1. The van der Waals surface area contributed by atoms with Crippen LogP contribution in [-0.4, -0.2) is 26.4 Å². The van der Waals surface area contributed by atoms with Gasteiger partial charge in [-0.1, -0.05) is 46.3 Å². The van der Waals surface area contributed by atoms with E-state index in [1.54, 1.807) is 12.1 Å². The van der Waals surface area contributed by atoms with Crippen molar-refractivity contribution in [1.82, 2.24) is 10.0 Å². The van der Waals surface area contributed by atoms with Crippen molar-refractivity contribution in [2.24, 2.45) is 0 Å². The van der Waals surface area contributed by atoms with Gasteiger partial charge in [-0.15, -0.1) is 0 Å². The van der Waals surface area contributed by atoms with Gasteiger partial charge in [-0.3, -0.25) is 4.79 Å². The molecule has 2 rings (SSSR count). The summed E-state index contributed by atoms with van der Waals surface area (Å²) in [6.45, 7) is 3.45. The van der Waals surface area contributed by atoms with Gasteiger partial charge in [0.25, 0.3) is 0 Å². The third kappa shape index (κ3) is 6.23. The fraction of sp³-hybridized carbons (Fsp3) is 0.316. The van der Waals surface area contributed by atoms with E-state index in [-0.39, 0.29) is 16.8 Å². The molecule has 2 N–H and O–H groups in total. The maximum absolute atomic E-state index is 12.3. The van der Waals surface area contributed by atoms with Gasteiger partial charge in [0.15, 0.2) is 0 Å². The van der Waals surface area contributed by atoms with Crippen molar-refractivity contribution in [1.29, 1.82) is 0 Å². The Labute approximate surface area is 163 Å². The molecule has 140 valence electrons. The van der Waals surface area contributed by atoms with Crippen LogP contribution in [0.4, 0.5) is 0 Å². The van der Waals surface area contributed by atoms with Crippen LogP contribution in [0.1, 0.15) is 25.8 Å². The van der Waals surface area contributed by atoms with Crippen molar-refractivity contribution in [3.63, 3.8) is 0 Å². The van der Waals surface area contributed by atoms with Gasteiger partial charge in [-0.25, -0.2) is 8.42 Å². The summed E-state index contributed by atoms with van der Waals surface area (Å²) in [5, 5.41) is 2.86. The summed E-state index contributed by atoms with van der Waals surface area (Å²) in [7, 11) is -3.74. The van der Waals surface area contributed by atoms with E-state index in [4.69, 9.17) is 0 Å². The molecule has 1 amide bonds. The molecule has 2 aromatic carbocycles. The van der Waals surface area contributed by atoms with Gasteiger partial charge in [0.05, 0.1) is 10.9 Å². The number of carbonyl (C=O) groups excluding carboxylic acids is 1. The number of sulfonamides is 1. The summed E-state index contributed by atoms with van der Waals surface area (Å²) >= 11 is 3.27. The Morgan fingerprint density at radius 3 is 2.27 bits per heavy atom. The van der Waals surface area contributed by atoms with E-state index in [0.29, 0.717) is 0 Å². The summed E-state index contributed by atoms with van der Waals surface area (Å²) < 4.78 is 27.9. The molecule has 0 fully saturated rings. The number of amides is 1. The van der Waals surface area contributed by atoms with E-state index >= 15 is 0 Å². The number of aryl methyl sites for hydroxylation is 1. The van der Waals surface area contributed by atoms with Crippen LogP contribution in [0.2, 0.25) is 0 Å². The van der Waals surface area contributed by atoms with Crippen molar-refractivity contribution in [3.8, 4) is 0 Å². The highest BCUT2D eigenvalue weighted by atomic mass is 79.9. The average molecular weight is 439 g/mol. The molecule has 0 spiro atoms. The number of halogens is 1. The third-order valence-electron chi connectivity index (χ3n) is 3.95. The van der Waals surface area contributed by atoms with Crippen molar-refractivity contribution in [2.75, 3.05) is 0 Å². The molecule has 0 aromatic heterocycles. The zero-order valence-corrected chi connectivity index (χ0v) is 17.2. The first-order chi connectivity index (χ1) is 12.3. The monoisotopic (exact) mass is 438 g/mol. The van der Waals surface area contributed by atoms with E-state index in [2.05, 4.69) is 26.0 Å². The molecule has 0 unspecified atom stereocenters. The fourth-order valence-corrected chi connectivity index (χ4v) is 3.90. The van der Waals surface area contributed by atoms with Gasteiger partial charge in [0.1, 0.15) is 0 Å². The van der Waals surface area contributed by atoms with Crippen LogP contribution >= 0.6 is 15.9 Å². The van der Waals surface area contributed by atoms with Crippen LogP contribution in [-0.2, 0) is 21.2 Å². The zero-order valence-electron chi connectivity index (χ0n) is 14.8. The minimum Gasteiger partial charge on any atom is -0.352 e. The van der Waals surface area contributed by atoms with E-state index < -0.39 is 16.1 Å². The second-order valence-electron chi connectivity index (χ2n) is 6.23. The molecule has 0 aliphatic carbocycles. The topological polar surface area (TPSA) is 75.3 Å².